The molecule has 2 aliphatic rings. The third-order valence-electron chi connectivity index (χ3n) is 5.00. The number of amides is 1. The maximum Gasteiger partial charge on any atom is 0.340 e. The molecular weight excluding hydrogens is 332 g/mol. The maximum atomic E-state index is 12.4. The molecule has 0 atom stereocenters. The lowest BCUT2D eigenvalue weighted by Gasteiger charge is -2.08. The Labute approximate surface area is 151 Å². The summed E-state index contributed by atoms with van der Waals surface area (Å²) in [7, 11) is 0. The van der Waals surface area contributed by atoms with Crippen molar-refractivity contribution in [1.29, 1.82) is 0 Å². The number of hydrogen-bond donors (Lipinski definition) is 1. The van der Waals surface area contributed by atoms with Crippen LogP contribution in [0.1, 0.15) is 56.6 Å². The summed E-state index contributed by atoms with van der Waals surface area (Å²) in [5.41, 5.74) is 4.42. The molecule has 1 aliphatic heterocycles. The van der Waals surface area contributed by atoms with Crippen LogP contribution in [0.25, 0.3) is 0 Å². The largest absolute Gasteiger partial charge is 0.454 e. The Balaban J connectivity index is 1.43. The number of hydrogen-bond acceptors (Lipinski definition) is 4. The Morgan fingerprint density at radius 2 is 2.00 bits per heavy atom. The number of rotatable bonds is 5. The highest BCUT2D eigenvalue weighted by molar-refractivity contribution is 6.03. The smallest absolute Gasteiger partial charge is 0.340 e. The molecule has 2 heterocycles. The van der Waals surface area contributed by atoms with Gasteiger partial charge in [-0.1, -0.05) is 0 Å². The van der Waals surface area contributed by atoms with Crippen molar-refractivity contribution in [2.24, 2.45) is 0 Å². The first-order valence-electron chi connectivity index (χ1n) is 8.75. The highest BCUT2D eigenvalue weighted by atomic mass is 16.5. The van der Waals surface area contributed by atoms with Gasteiger partial charge in [0.15, 0.2) is 12.4 Å². The number of ketones is 1. The zero-order valence-electron chi connectivity index (χ0n) is 14.8. The number of Topliss-reactive ketones (excluding diaryl/α,β-unsaturated/α-hetero) is 1. The number of nitrogens with zero attached hydrogens (tertiary/aromatic N) is 1. The molecule has 1 aromatic heterocycles. The molecule has 6 heteroatoms. The van der Waals surface area contributed by atoms with Crippen molar-refractivity contribution in [1.82, 2.24) is 4.57 Å². The van der Waals surface area contributed by atoms with E-state index in [1.807, 2.05) is 19.9 Å². The first kappa shape index (κ1) is 16.6. The average molecular weight is 352 g/mol. The second-order valence-corrected chi connectivity index (χ2v) is 6.98. The molecule has 0 radical (unpaired) electrons. The minimum atomic E-state index is -0.476. The van der Waals surface area contributed by atoms with Crippen molar-refractivity contribution in [3.63, 3.8) is 0 Å². The normalized spacial score (nSPS) is 15.5. The van der Waals surface area contributed by atoms with Crippen LogP contribution < -0.4 is 5.32 Å². The quantitative estimate of drug-likeness (QED) is 0.663. The molecule has 6 nitrogen and oxygen atoms in total. The fraction of sp³-hybridized carbons (Fsp3) is 0.350. The molecule has 1 aromatic carbocycles. The van der Waals surface area contributed by atoms with Crippen LogP contribution >= 0.6 is 0 Å². The number of benzene rings is 1. The van der Waals surface area contributed by atoms with Crippen LogP contribution in [0.5, 0.6) is 0 Å². The number of aryl methyl sites for hydroxylation is 1. The number of carbonyl (C=O) groups excluding carboxylic acids is 3. The number of nitrogens with one attached hydrogen (secondary N) is 1. The molecule has 1 N–H and O–H groups in total. The van der Waals surface area contributed by atoms with E-state index >= 15 is 0 Å². The van der Waals surface area contributed by atoms with E-state index in [1.165, 1.54) is 0 Å². The van der Waals surface area contributed by atoms with E-state index in [1.54, 1.807) is 18.2 Å². The van der Waals surface area contributed by atoms with Gasteiger partial charge in [-0.3, -0.25) is 9.59 Å². The number of ether oxygens (including phenoxy) is 1. The van der Waals surface area contributed by atoms with Gasteiger partial charge < -0.3 is 14.6 Å². The maximum absolute atomic E-state index is 12.4. The Kier molecular flexibility index (Phi) is 3.90. The van der Waals surface area contributed by atoms with E-state index in [0.717, 1.165) is 35.5 Å². The van der Waals surface area contributed by atoms with Crippen molar-refractivity contribution >= 4 is 23.3 Å². The van der Waals surface area contributed by atoms with Gasteiger partial charge in [0.1, 0.15) is 0 Å². The number of fused-ring (bicyclic) bond motifs is 1. The molecule has 0 unspecified atom stereocenters. The van der Waals surface area contributed by atoms with Crippen molar-refractivity contribution < 1.29 is 19.1 Å². The minimum absolute atomic E-state index is 0.0814. The fourth-order valence-electron chi connectivity index (χ4n) is 3.57. The number of anilines is 1. The SMILES string of the molecule is Cc1cc(C(=O)OCC(=O)c2ccc3c(c2)CC(=O)N3)c(C)n1C1CC1. The van der Waals surface area contributed by atoms with Crippen LogP contribution in [0.15, 0.2) is 24.3 Å². The summed E-state index contributed by atoms with van der Waals surface area (Å²) in [5.74, 6) is -0.838. The van der Waals surface area contributed by atoms with Crippen LogP contribution in [-0.2, 0) is 16.0 Å². The average Bonchev–Trinajstić information content (AvgIpc) is 3.29. The Morgan fingerprint density at radius 1 is 1.23 bits per heavy atom. The first-order valence-corrected chi connectivity index (χ1v) is 8.75. The van der Waals surface area contributed by atoms with Gasteiger partial charge in [0.25, 0.3) is 0 Å². The van der Waals surface area contributed by atoms with Crippen LogP contribution in [-0.4, -0.2) is 28.8 Å². The molecule has 1 fully saturated rings. The van der Waals surface area contributed by atoms with Crippen molar-refractivity contribution in [2.45, 2.75) is 39.2 Å². The zero-order chi connectivity index (χ0) is 18.4. The van der Waals surface area contributed by atoms with Gasteiger partial charge in [-0.2, -0.15) is 0 Å². The lowest BCUT2D eigenvalue weighted by Crippen LogP contribution is -2.15. The van der Waals surface area contributed by atoms with Crippen molar-refractivity contribution in [3.8, 4) is 0 Å². The van der Waals surface area contributed by atoms with E-state index in [-0.39, 0.29) is 24.7 Å². The predicted molar refractivity (Wildman–Crippen MR) is 95.6 cm³/mol. The minimum Gasteiger partial charge on any atom is -0.454 e. The molecule has 2 aromatic rings. The van der Waals surface area contributed by atoms with Gasteiger partial charge in [0.2, 0.25) is 5.91 Å². The summed E-state index contributed by atoms with van der Waals surface area (Å²) < 4.78 is 7.42. The molecule has 0 bridgehead atoms. The molecule has 26 heavy (non-hydrogen) atoms. The standard InChI is InChI=1S/C20H20N2O4/c1-11-7-16(12(2)22(11)15-4-5-15)20(25)26-10-18(23)13-3-6-17-14(8-13)9-19(24)21-17/h3,6-8,15H,4-5,9-10H2,1-2H3,(H,21,24). The van der Waals surface area contributed by atoms with Crippen LogP contribution in [0.2, 0.25) is 0 Å². The predicted octanol–water partition coefficient (Wildman–Crippen LogP) is 2.97. The molecule has 0 saturated heterocycles. The molecule has 1 amide bonds. The highest BCUT2D eigenvalue weighted by Crippen LogP contribution is 2.38. The third kappa shape index (κ3) is 2.92. The van der Waals surface area contributed by atoms with Crippen LogP contribution in [0.3, 0.4) is 0 Å². The number of carbonyl (C=O) groups is 3. The third-order valence-corrected chi connectivity index (χ3v) is 5.00. The van der Waals surface area contributed by atoms with Crippen LogP contribution in [0, 0.1) is 13.8 Å². The summed E-state index contributed by atoms with van der Waals surface area (Å²) >= 11 is 0. The van der Waals surface area contributed by atoms with Gasteiger partial charge in [-0.05, 0) is 56.5 Å². The molecular formula is C20H20N2O4. The van der Waals surface area contributed by atoms with Gasteiger partial charge in [-0.15, -0.1) is 0 Å². The Morgan fingerprint density at radius 3 is 2.73 bits per heavy atom. The Hall–Kier alpha value is -2.89. The zero-order valence-corrected chi connectivity index (χ0v) is 14.8. The second kappa shape index (κ2) is 6.12. The van der Waals surface area contributed by atoms with Gasteiger partial charge in [0.05, 0.1) is 12.0 Å². The van der Waals surface area contributed by atoms with Crippen molar-refractivity contribution in [2.75, 3.05) is 11.9 Å². The molecule has 0 spiro atoms. The molecule has 1 aliphatic carbocycles. The summed E-state index contributed by atoms with van der Waals surface area (Å²) in [6.45, 7) is 3.58. The van der Waals surface area contributed by atoms with E-state index in [0.29, 0.717) is 17.2 Å². The second-order valence-electron chi connectivity index (χ2n) is 6.98. The van der Waals surface area contributed by atoms with Gasteiger partial charge >= 0.3 is 5.97 Å². The summed E-state index contributed by atoms with van der Waals surface area (Å²) in [6, 6.07) is 7.34. The van der Waals surface area contributed by atoms with E-state index in [2.05, 4.69) is 9.88 Å². The van der Waals surface area contributed by atoms with E-state index < -0.39 is 5.97 Å². The Bertz CT molecular complexity index is 938. The number of esters is 1. The fourth-order valence-corrected chi connectivity index (χ4v) is 3.57. The molecule has 1 saturated carbocycles. The highest BCUT2D eigenvalue weighted by Gasteiger charge is 2.29. The number of aromatic nitrogens is 1. The lowest BCUT2D eigenvalue weighted by molar-refractivity contribution is -0.115. The van der Waals surface area contributed by atoms with Gasteiger partial charge in [-0.25, -0.2) is 4.79 Å². The molecule has 4 rings (SSSR count). The lowest BCUT2D eigenvalue weighted by atomic mass is 10.1. The van der Waals surface area contributed by atoms with E-state index in [9.17, 15) is 14.4 Å². The summed E-state index contributed by atoms with van der Waals surface area (Å²) in [5, 5.41) is 2.73. The van der Waals surface area contributed by atoms with Gasteiger partial charge in [0, 0.05) is 28.7 Å². The van der Waals surface area contributed by atoms with Crippen LogP contribution in [0.4, 0.5) is 5.69 Å². The van der Waals surface area contributed by atoms with E-state index in [4.69, 9.17) is 4.74 Å². The first-order chi connectivity index (χ1) is 12.4. The molecule has 134 valence electrons. The summed E-state index contributed by atoms with van der Waals surface area (Å²) in [6.07, 6.45) is 2.54. The topological polar surface area (TPSA) is 77.4 Å². The van der Waals surface area contributed by atoms with Crippen molar-refractivity contribution in [3.05, 3.63) is 52.3 Å². The summed E-state index contributed by atoms with van der Waals surface area (Å²) in [4.78, 5) is 36.1. The monoisotopic (exact) mass is 352 g/mol.